The summed E-state index contributed by atoms with van der Waals surface area (Å²) < 4.78 is 0. The summed E-state index contributed by atoms with van der Waals surface area (Å²) in [5.41, 5.74) is 0.706. The number of anilines is 1. The molecular formula is C12H11NO2. The van der Waals surface area contributed by atoms with Gasteiger partial charge in [0.2, 0.25) is 5.91 Å². The normalized spacial score (nSPS) is 20.3. The minimum atomic E-state index is -0.0140. The van der Waals surface area contributed by atoms with E-state index in [0.717, 1.165) is 0 Å². The molecule has 1 aromatic carbocycles. The van der Waals surface area contributed by atoms with Crippen molar-refractivity contribution in [3.05, 3.63) is 24.3 Å². The van der Waals surface area contributed by atoms with Crippen molar-refractivity contribution in [2.24, 2.45) is 5.92 Å². The van der Waals surface area contributed by atoms with Crippen LogP contribution in [0.15, 0.2) is 24.3 Å². The highest BCUT2D eigenvalue weighted by molar-refractivity contribution is 5.96. The second-order valence-corrected chi connectivity index (χ2v) is 3.59. The molecule has 0 aliphatic carbocycles. The number of aromatic hydroxyl groups is 1. The van der Waals surface area contributed by atoms with Gasteiger partial charge in [0.25, 0.3) is 0 Å². The minimum Gasteiger partial charge on any atom is -0.508 e. The summed E-state index contributed by atoms with van der Waals surface area (Å²) in [4.78, 5) is 13.2. The van der Waals surface area contributed by atoms with Crippen LogP contribution in [0.25, 0.3) is 0 Å². The SMILES string of the molecule is C#CC1CC(=O)N(c2cccc(O)c2)C1. The van der Waals surface area contributed by atoms with Crippen molar-refractivity contribution in [1.29, 1.82) is 0 Å². The predicted molar refractivity (Wildman–Crippen MR) is 57.4 cm³/mol. The van der Waals surface area contributed by atoms with Gasteiger partial charge in [-0.25, -0.2) is 0 Å². The summed E-state index contributed by atoms with van der Waals surface area (Å²) in [5, 5.41) is 9.30. The molecule has 1 amide bonds. The van der Waals surface area contributed by atoms with Crippen molar-refractivity contribution in [3.8, 4) is 18.1 Å². The monoisotopic (exact) mass is 201 g/mol. The van der Waals surface area contributed by atoms with E-state index in [1.807, 2.05) is 0 Å². The van der Waals surface area contributed by atoms with Gasteiger partial charge in [-0.15, -0.1) is 12.3 Å². The zero-order chi connectivity index (χ0) is 10.8. The van der Waals surface area contributed by atoms with Gasteiger partial charge in [-0.05, 0) is 12.1 Å². The number of hydrogen-bond donors (Lipinski definition) is 1. The maximum absolute atomic E-state index is 11.6. The molecule has 15 heavy (non-hydrogen) atoms. The number of rotatable bonds is 1. The Morgan fingerprint density at radius 3 is 2.93 bits per heavy atom. The van der Waals surface area contributed by atoms with E-state index in [-0.39, 0.29) is 17.6 Å². The van der Waals surface area contributed by atoms with E-state index in [0.29, 0.717) is 18.7 Å². The van der Waals surface area contributed by atoms with E-state index in [1.54, 1.807) is 29.2 Å². The standard InChI is InChI=1S/C12H11NO2/c1-2-9-6-12(15)13(8-9)10-4-3-5-11(14)7-10/h1,3-5,7,9,14H,6,8H2. The molecule has 0 radical (unpaired) electrons. The predicted octanol–water partition coefficient (Wildman–Crippen LogP) is 1.38. The lowest BCUT2D eigenvalue weighted by Crippen LogP contribution is -2.24. The average Bonchev–Trinajstić information content (AvgIpc) is 2.60. The van der Waals surface area contributed by atoms with Crippen molar-refractivity contribution in [2.45, 2.75) is 6.42 Å². The molecule has 1 heterocycles. The molecular weight excluding hydrogens is 190 g/mol. The number of hydrogen-bond acceptors (Lipinski definition) is 2. The largest absolute Gasteiger partial charge is 0.508 e. The second-order valence-electron chi connectivity index (χ2n) is 3.59. The summed E-state index contributed by atoms with van der Waals surface area (Å²) in [5.74, 6) is 2.74. The molecule has 1 fully saturated rings. The highest BCUT2D eigenvalue weighted by Crippen LogP contribution is 2.26. The Balaban J connectivity index is 2.26. The molecule has 1 N–H and O–H groups in total. The van der Waals surface area contributed by atoms with Gasteiger partial charge in [0.15, 0.2) is 0 Å². The highest BCUT2D eigenvalue weighted by Gasteiger charge is 2.29. The molecule has 0 spiro atoms. The van der Waals surface area contributed by atoms with Gasteiger partial charge < -0.3 is 10.0 Å². The Labute approximate surface area is 88.3 Å². The van der Waals surface area contributed by atoms with Gasteiger partial charge >= 0.3 is 0 Å². The zero-order valence-electron chi connectivity index (χ0n) is 8.18. The van der Waals surface area contributed by atoms with Crippen LogP contribution in [0.1, 0.15) is 6.42 Å². The van der Waals surface area contributed by atoms with Crippen molar-refractivity contribution in [1.82, 2.24) is 0 Å². The van der Waals surface area contributed by atoms with Gasteiger partial charge in [-0.3, -0.25) is 4.79 Å². The lowest BCUT2D eigenvalue weighted by atomic mass is 10.1. The lowest BCUT2D eigenvalue weighted by Gasteiger charge is -2.15. The van der Waals surface area contributed by atoms with E-state index < -0.39 is 0 Å². The van der Waals surface area contributed by atoms with Crippen LogP contribution in [0.4, 0.5) is 5.69 Å². The second kappa shape index (κ2) is 3.66. The third-order valence-corrected chi connectivity index (χ3v) is 2.50. The third-order valence-electron chi connectivity index (χ3n) is 2.50. The average molecular weight is 201 g/mol. The van der Waals surface area contributed by atoms with Crippen LogP contribution >= 0.6 is 0 Å². The number of carbonyl (C=O) groups excluding carboxylic acids is 1. The molecule has 1 atom stereocenters. The van der Waals surface area contributed by atoms with E-state index in [1.165, 1.54) is 0 Å². The van der Waals surface area contributed by atoms with Crippen LogP contribution in [-0.4, -0.2) is 17.6 Å². The summed E-state index contributed by atoms with van der Waals surface area (Å²) in [6.45, 7) is 0.540. The molecule has 3 nitrogen and oxygen atoms in total. The molecule has 2 rings (SSSR count). The Kier molecular flexibility index (Phi) is 2.34. The summed E-state index contributed by atoms with van der Waals surface area (Å²) >= 11 is 0. The molecule has 1 aliphatic heterocycles. The summed E-state index contributed by atoms with van der Waals surface area (Å²) in [6, 6.07) is 6.64. The van der Waals surface area contributed by atoms with Crippen molar-refractivity contribution < 1.29 is 9.90 Å². The van der Waals surface area contributed by atoms with Gasteiger partial charge in [0.1, 0.15) is 5.75 Å². The Morgan fingerprint density at radius 1 is 1.53 bits per heavy atom. The first-order valence-electron chi connectivity index (χ1n) is 4.76. The highest BCUT2D eigenvalue weighted by atomic mass is 16.3. The fourth-order valence-corrected chi connectivity index (χ4v) is 1.73. The number of benzene rings is 1. The first kappa shape index (κ1) is 9.60. The van der Waals surface area contributed by atoms with Gasteiger partial charge in [-0.1, -0.05) is 6.07 Å². The van der Waals surface area contributed by atoms with Crippen LogP contribution in [-0.2, 0) is 4.79 Å². The molecule has 1 unspecified atom stereocenters. The van der Waals surface area contributed by atoms with E-state index >= 15 is 0 Å². The quantitative estimate of drug-likeness (QED) is 0.697. The number of terminal acetylenes is 1. The molecule has 0 bridgehead atoms. The van der Waals surface area contributed by atoms with Crippen LogP contribution in [0.3, 0.4) is 0 Å². The van der Waals surface area contributed by atoms with Crippen LogP contribution < -0.4 is 4.90 Å². The van der Waals surface area contributed by atoms with Crippen molar-refractivity contribution in [3.63, 3.8) is 0 Å². The Hall–Kier alpha value is -1.95. The number of amides is 1. The zero-order valence-corrected chi connectivity index (χ0v) is 8.18. The van der Waals surface area contributed by atoms with E-state index in [9.17, 15) is 9.90 Å². The fourth-order valence-electron chi connectivity index (χ4n) is 1.73. The van der Waals surface area contributed by atoms with Gasteiger partial charge in [0.05, 0.1) is 0 Å². The van der Waals surface area contributed by atoms with Crippen LogP contribution in [0.5, 0.6) is 5.75 Å². The minimum absolute atomic E-state index is 0.0140. The Bertz CT molecular complexity index is 433. The van der Waals surface area contributed by atoms with Gasteiger partial charge in [0, 0.05) is 30.6 Å². The maximum atomic E-state index is 11.6. The molecule has 1 aliphatic rings. The van der Waals surface area contributed by atoms with E-state index in [4.69, 9.17) is 6.42 Å². The third kappa shape index (κ3) is 1.79. The molecule has 1 saturated heterocycles. The summed E-state index contributed by atoms with van der Waals surface area (Å²) in [7, 11) is 0. The molecule has 0 saturated carbocycles. The lowest BCUT2D eigenvalue weighted by molar-refractivity contribution is -0.117. The Morgan fingerprint density at radius 2 is 2.33 bits per heavy atom. The summed E-state index contributed by atoms with van der Waals surface area (Å²) in [6.07, 6.45) is 5.68. The fraction of sp³-hybridized carbons (Fsp3) is 0.250. The van der Waals surface area contributed by atoms with Crippen LogP contribution in [0.2, 0.25) is 0 Å². The first-order valence-corrected chi connectivity index (χ1v) is 4.76. The number of nitrogens with zero attached hydrogens (tertiary/aromatic N) is 1. The van der Waals surface area contributed by atoms with Crippen molar-refractivity contribution in [2.75, 3.05) is 11.4 Å². The van der Waals surface area contributed by atoms with Crippen molar-refractivity contribution >= 4 is 11.6 Å². The number of phenolic OH excluding ortho intramolecular Hbond substituents is 1. The number of carbonyl (C=O) groups is 1. The topological polar surface area (TPSA) is 40.5 Å². The molecule has 3 heteroatoms. The number of phenols is 1. The molecule has 0 aromatic heterocycles. The first-order chi connectivity index (χ1) is 7.20. The maximum Gasteiger partial charge on any atom is 0.228 e. The molecule has 76 valence electrons. The smallest absolute Gasteiger partial charge is 0.228 e. The van der Waals surface area contributed by atoms with E-state index in [2.05, 4.69) is 5.92 Å². The van der Waals surface area contributed by atoms with Crippen LogP contribution in [0, 0.1) is 18.3 Å². The molecule has 1 aromatic rings. The van der Waals surface area contributed by atoms with Gasteiger partial charge in [-0.2, -0.15) is 0 Å².